The van der Waals surface area contributed by atoms with Crippen LogP contribution in [-0.4, -0.2) is 42.2 Å². The highest BCUT2D eigenvalue weighted by Gasteiger charge is 2.13. The lowest BCUT2D eigenvalue weighted by Crippen LogP contribution is -2.34. The fourth-order valence-electron chi connectivity index (χ4n) is 2.55. The van der Waals surface area contributed by atoms with Gasteiger partial charge in [0.2, 0.25) is 0 Å². The van der Waals surface area contributed by atoms with Crippen molar-refractivity contribution < 1.29 is 9.90 Å². The molecular formula is C19H25N3O2. The first-order valence-corrected chi connectivity index (χ1v) is 8.08. The van der Waals surface area contributed by atoms with Gasteiger partial charge in [0.1, 0.15) is 0 Å². The number of pyridine rings is 1. The van der Waals surface area contributed by atoms with Gasteiger partial charge < -0.3 is 15.3 Å². The monoisotopic (exact) mass is 327 g/mol. The molecule has 128 valence electrons. The van der Waals surface area contributed by atoms with Crippen LogP contribution in [0.2, 0.25) is 0 Å². The van der Waals surface area contributed by atoms with Gasteiger partial charge in [-0.1, -0.05) is 12.1 Å². The summed E-state index contributed by atoms with van der Waals surface area (Å²) in [7, 11) is 3.99. The minimum Gasteiger partial charge on any atom is -0.393 e. The van der Waals surface area contributed by atoms with Crippen LogP contribution in [0.1, 0.15) is 30.6 Å². The van der Waals surface area contributed by atoms with E-state index < -0.39 is 6.10 Å². The van der Waals surface area contributed by atoms with Crippen molar-refractivity contribution in [3.8, 4) is 11.1 Å². The van der Waals surface area contributed by atoms with E-state index >= 15 is 0 Å². The lowest BCUT2D eigenvalue weighted by atomic mass is 10.0. The Bertz CT molecular complexity index is 681. The molecule has 2 atom stereocenters. The first-order valence-electron chi connectivity index (χ1n) is 8.08. The quantitative estimate of drug-likeness (QED) is 0.856. The maximum Gasteiger partial charge on any atom is 0.253 e. The number of hydrogen-bond donors (Lipinski definition) is 2. The third-order valence-electron chi connectivity index (χ3n) is 3.79. The van der Waals surface area contributed by atoms with E-state index in [4.69, 9.17) is 0 Å². The summed E-state index contributed by atoms with van der Waals surface area (Å²) < 4.78 is 0. The van der Waals surface area contributed by atoms with E-state index in [9.17, 15) is 9.90 Å². The van der Waals surface area contributed by atoms with Gasteiger partial charge in [-0.25, -0.2) is 0 Å². The molecule has 1 heterocycles. The van der Waals surface area contributed by atoms with Gasteiger partial charge in [0.05, 0.1) is 11.7 Å². The van der Waals surface area contributed by atoms with Crippen LogP contribution in [0, 0.1) is 0 Å². The van der Waals surface area contributed by atoms with Crippen molar-refractivity contribution in [3.63, 3.8) is 0 Å². The van der Waals surface area contributed by atoms with Crippen LogP contribution in [0.4, 0.5) is 5.69 Å². The summed E-state index contributed by atoms with van der Waals surface area (Å²) in [5.74, 6) is -0.178. The van der Waals surface area contributed by atoms with E-state index in [0.29, 0.717) is 12.0 Å². The molecule has 2 aromatic rings. The number of rotatable bonds is 6. The zero-order chi connectivity index (χ0) is 17.7. The van der Waals surface area contributed by atoms with Crippen molar-refractivity contribution in [2.24, 2.45) is 0 Å². The molecule has 0 bridgehead atoms. The molecule has 0 spiro atoms. The van der Waals surface area contributed by atoms with Gasteiger partial charge in [0.25, 0.3) is 5.91 Å². The molecule has 2 unspecified atom stereocenters. The molecule has 1 amide bonds. The zero-order valence-electron chi connectivity index (χ0n) is 14.7. The Kier molecular flexibility index (Phi) is 5.93. The second-order valence-corrected chi connectivity index (χ2v) is 6.36. The second kappa shape index (κ2) is 7.93. The fraction of sp³-hybridized carbons (Fsp3) is 0.368. The molecule has 0 fully saturated rings. The van der Waals surface area contributed by atoms with E-state index in [1.54, 1.807) is 19.3 Å². The third-order valence-corrected chi connectivity index (χ3v) is 3.79. The van der Waals surface area contributed by atoms with Gasteiger partial charge in [-0.2, -0.15) is 0 Å². The van der Waals surface area contributed by atoms with Crippen molar-refractivity contribution in [3.05, 3.63) is 48.3 Å². The number of amides is 1. The second-order valence-electron chi connectivity index (χ2n) is 6.36. The Hall–Kier alpha value is -2.40. The largest absolute Gasteiger partial charge is 0.393 e. The van der Waals surface area contributed by atoms with E-state index in [-0.39, 0.29) is 11.9 Å². The maximum atomic E-state index is 12.3. The van der Waals surface area contributed by atoms with E-state index in [0.717, 1.165) is 16.8 Å². The molecule has 1 aromatic heterocycles. The van der Waals surface area contributed by atoms with Gasteiger partial charge in [-0.15, -0.1) is 0 Å². The molecule has 0 aliphatic heterocycles. The van der Waals surface area contributed by atoms with Crippen LogP contribution in [0.3, 0.4) is 0 Å². The van der Waals surface area contributed by atoms with Crippen molar-refractivity contribution >= 4 is 11.6 Å². The van der Waals surface area contributed by atoms with Crippen LogP contribution < -0.4 is 10.2 Å². The smallest absolute Gasteiger partial charge is 0.253 e. The summed E-state index contributed by atoms with van der Waals surface area (Å²) in [5, 5.41) is 12.3. The van der Waals surface area contributed by atoms with Gasteiger partial charge in [0.15, 0.2) is 0 Å². The van der Waals surface area contributed by atoms with Crippen molar-refractivity contribution in [2.75, 3.05) is 19.0 Å². The van der Waals surface area contributed by atoms with Crippen molar-refractivity contribution in [1.29, 1.82) is 0 Å². The topological polar surface area (TPSA) is 65.5 Å². The number of nitrogens with zero attached hydrogens (tertiary/aromatic N) is 2. The first kappa shape index (κ1) is 17.9. The van der Waals surface area contributed by atoms with Crippen LogP contribution in [0.15, 0.2) is 42.7 Å². The summed E-state index contributed by atoms with van der Waals surface area (Å²) in [6, 6.07) is 9.84. The Morgan fingerprint density at radius 2 is 1.83 bits per heavy atom. The average molecular weight is 327 g/mol. The lowest BCUT2D eigenvalue weighted by Gasteiger charge is -2.15. The number of carbonyl (C=O) groups is 1. The minimum atomic E-state index is -0.444. The normalized spacial score (nSPS) is 13.2. The highest BCUT2D eigenvalue weighted by Crippen LogP contribution is 2.22. The molecule has 0 saturated carbocycles. The van der Waals surface area contributed by atoms with Gasteiger partial charge in [0, 0.05) is 43.8 Å². The summed E-state index contributed by atoms with van der Waals surface area (Å²) in [6.07, 6.45) is 3.38. The number of carbonyl (C=O) groups excluding carboxylic acids is 1. The molecule has 0 radical (unpaired) electrons. The zero-order valence-corrected chi connectivity index (χ0v) is 14.7. The van der Waals surface area contributed by atoms with E-state index in [1.807, 2.05) is 56.3 Å². The lowest BCUT2D eigenvalue weighted by molar-refractivity contribution is 0.0922. The Balaban J connectivity index is 2.14. The van der Waals surface area contributed by atoms with Crippen LogP contribution in [-0.2, 0) is 0 Å². The summed E-state index contributed by atoms with van der Waals surface area (Å²) in [4.78, 5) is 18.5. The first-order chi connectivity index (χ1) is 11.4. The summed E-state index contributed by atoms with van der Waals surface area (Å²) in [5.41, 5.74) is 3.55. The predicted octanol–water partition coefficient (Wildman–Crippen LogP) is 2.70. The number of aliphatic hydroxyl groups is 1. The van der Waals surface area contributed by atoms with Crippen molar-refractivity contribution in [1.82, 2.24) is 10.3 Å². The van der Waals surface area contributed by atoms with Crippen LogP contribution in [0.5, 0.6) is 0 Å². The highest BCUT2D eigenvalue weighted by molar-refractivity contribution is 5.95. The number of hydrogen-bond acceptors (Lipinski definition) is 4. The number of aromatic nitrogens is 1. The number of benzene rings is 1. The molecular weight excluding hydrogens is 302 g/mol. The van der Waals surface area contributed by atoms with Crippen LogP contribution >= 0.6 is 0 Å². The number of nitrogens with one attached hydrogen (secondary N) is 1. The standard InChI is InChI=1S/C19H25N3O2/c1-13(9-14(2)23)21-19(24)17-10-16(11-20-12-17)15-5-7-18(8-6-15)22(3)4/h5-8,10-14,23H,9H2,1-4H3,(H,21,24). The van der Waals surface area contributed by atoms with Gasteiger partial charge in [-0.3, -0.25) is 9.78 Å². The SMILES string of the molecule is CC(O)CC(C)NC(=O)c1cncc(-c2ccc(N(C)C)cc2)c1. The molecule has 5 nitrogen and oxygen atoms in total. The number of anilines is 1. The van der Waals surface area contributed by atoms with E-state index in [1.165, 1.54) is 0 Å². The van der Waals surface area contributed by atoms with E-state index in [2.05, 4.69) is 10.3 Å². The Morgan fingerprint density at radius 1 is 1.17 bits per heavy atom. The van der Waals surface area contributed by atoms with Gasteiger partial charge in [-0.05, 0) is 44.0 Å². The molecule has 0 aliphatic carbocycles. The highest BCUT2D eigenvalue weighted by atomic mass is 16.3. The minimum absolute atomic E-state index is 0.0967. The summed E-state index contributed by atoms with van der Waals surface area (Å²) >= 11 is 0. The van der Waals surface area contributed by atoms with Gasteiger partial charge >= 0.3 is 0 Å². The Labute approximate surface area is 143 Å². The predicted molar refractivity (Wildman–Crippen MR) is 97.2 cm³/mol. The average Bonchev–Trinajstić information content (AvgIpc) is 2.54. The molecule has 24 heavy (non-hydrogen) atoms. The molecule has 2 N–H and O–H groups in total. The van der Waals surface area contributed by atoms with Crippen molar-refractivity contribution in [2.45, 2.75) is 32.4 Å². The number of aliphatic hydroxyl groups excluding tert-OH is 1. The van der Waals surface area contributed by atoms with Crippen LogP contribution in [0.25, 0.3) is 11.1 Å². The molecule has 0 saturated heterocycles. The molecule has 2 rings (SSSR count). The molecule has 5 heteroatoms. The molecule has 0 aliphatic rings. The third kappa shape index (κ3) is 4.80. The summed E-state index contributed by atoms with van der Waals surface area (Å²) in [6.45, 7) is 3.59. The fourth-order valence-corrected chi connectivity index (χ4v) is 2.55. The maximum absolute atomic E-state index is 12.3. The Morgan fingerprint density at radius 3 is 2.42 bits per heavy atom. The molecule has 1 aromatic carbocycles.